The second-order valence-electron chi connectivity index (χ2n) is 7.64. The molecule has 36 heavy (non-hydrogen) atoms. The monoisotopic (exact) mass is 684 g/mol. The van der Waals surface area contributed by atoms with Crippen LogP contribution in [0.3, 0.4) is 0 Å². The van der Waals surface area contributed by atoms with Gasteiger partial charge in [-0.05, 0) is 98.5 Å². The van der Waals surface area contributed by atoms with Gasteiger partial charge in [-0.3, -0.25) is 15.0 Å². The van der Waals surface area contributed by atoms with Crippen molar-refractivity contribution in [1.29, 1.82) is 0 Å². The number of rotatable bonds is 6. The Morgan fingerprint density at radius 3 is 2.47 bits per heavy atom. The van der Waals surface area contributed by atoms with E-state index in [0.717, 1.165) is 33.5 Å². The number of hydrogen-bond donors (Lipinski definition) is 1. The van der Waals surface area contributed by atoms with Gasteiger partial charge in [0.2, 0.25) is 0 Å². The average molecular weight is 687 g/mol. The summed E-state index contributed by atoms with van der Waals surface area (Å²) in [4.78, 5) is 26.0. The van der Waals surface area contributed by atoms with E-state index in [-0.39, 0.29) is 9.88 Å². The molecule has 3 aromatic rings. The van der Waals surface area contributed by atoms with Crippen LogP contribution in [0.1, 0.15) is 27.0 Å². The summed E-state index contributed by atoms with van der Waals surface area (Å²) in [7, 11) is 0. The summed E-state index contributed by atoms with van der Waals surface area (Å²) in [6, 6.07) is 16.1. The zero-order chi connectivity index (χ0) is 26.0. The molecule has 2 amide bonds. The summed E-state index contributed by atoms with van der Waals surface area (Å²) >= 11 is 25.9. The van der Waals surface area contributed by atoms with Crippen molar-refractivity contribution >= 4 is 101 Å². The lowest BCUT2D eigenvalue weighted by Gasteiger charge is -2.16. The molecule has 11 heteroatoms. The molecule has 1 saturated heterocycles. The first-order valence-electron chi connectivity index (χ1n) is 10.3. The first kappa shape index (κ1) is 27.2. The minimum Gasteiger partial charge on any atom is -0.486 e. The molecule has 1 aliphatic rings. The van der Waals surface area contributed by atoms with E-state index in [2.05, 4.69) is 37.3 Å². The van der Waals surface area contributed by atoms with Crippen LogP contribution in [0.25, 0.3) is 6.08 Å². The van der Waals surface area contributed by atoms with Gasteiger partial charge in [0.15, 0.2) is 4.32 Å². The number of thioether (sulfide) groups is 1. The number of amides is 2. The van der Waals surface area contributed by atoms with Crippen LogP contribution in [0.15, 0.2) is 68.4 Å². The number of nitrogens with zero attached hydrogens (tertiary/aromatic N) is 1. The normalized spacial score (nSPS) is 14.5. The molecule has 3 aromatic carbocycles. The van der Waals surface area contributed by atoms with Crippen molar-refractivity contribution in [2.45, 2.75) is 13.5 Å². The van der Waals surface area contributed by atoms with Gasteiger partial charge in [-0.15, -0.1) is 0 Å². The number of hydrogen-bond acceptors (Lipinski definition) is 5. The van der Waals surface area contributed by atoms with Crippen molar-refractivity contribution in [3.63, 3.8) is 0 Å². The molecular weight excluding hydrogens is 671 g/mol. The van der Waals surface area contributed by atoms with Crippen LogP contribution in [-0.4, -0.2) is 21.1 Å². The maximum Gasteiger partial charge on any atom is 0.285 e. The van der Waals surface area contributed by atoms with Crippen LogP contribution in [0, 0.1) is 6.92 Å². The summed E-state index contributed by atoms with van der Waals surface area (Å²) in [5.41, 5.74) is 5.31. The Labute approximate surface area is 244 Å². The van der Waals surface area contributed by atoms with Gasteiger partial charge in [0, 0.05) is 10.6 Å². The number of halogens is 4. The fourth-order valence-electron chi connectivity index (χ4n) is 3.25. The van der Waals surface area contributed by atoms with Gasteiger partial charge in [-0.1, -0.05) is 59.2 Å². The number of hydrazine groups is 1. The fraction of sp³-hybridized carbons (Fsp3) is 0.0800. The van der Waals surface area contributed by atoms with Gasteiger partial charge in [-0.25, -0.2) is 0 Å². The number of carbonyl (C=O) groups excluding carboxylic acids is 2. The molecule has 0 bridgehead atoms. The third-order valence-corrected chi connectivity index (χ3v) is 8.19. The molecule has 1 fully saturated rings. The SMILES string of the molecule is Cc1ccc(C(=O)NN2C(=O)/C(=C\c3cc(Br)c(OCc4ccccc4Cl)c(Br)c3)SC2=S)c(Cl)c1. The van der Waals surface area contributed by atoms with Gasteiger partial charge >= 0.3 is 0 Å². The quantitative estimate of drug-likeness (QED) is 0.211. The lowest BCUT2D eigenvalue weighted by atomic mass is 10.1. The number of nitrogens with one attached hydrogen (secondary N) is 1. The molecule has 184 valence electrons. The third kappa shape index (κ3) is 6.15. The highest BCUT2D eigenvalue weighted by Gasteiger charge is 2.34. The van der Waals surface area contributed by atoms with E-state index in [1.807, 2.05) is 37.3 Å². The summed E-state index contributed by atoms with van der Waals surface area (Å²) in [5.74, 6) is -0.363. The van der Waals surface area contributed by atoms with Crippen LogP contribution in [0.4, 0.5) is 0 Å². The Morgan fingerprint density at radius 1 is 1.11 bits per heavy atom. The standard InChI is InChI=1S/C25H16Br2Cl2N2O3S2/c1-13-6-7-16(20(29)8-13)23(32)30-31-24(33)21(36-25(31)35)11-14-9-17(26)22(18(27)10-14)34-12-15-4-2-3-5-19(15)28/h2-11H,12H2,1H3,(H,30,32)/b21-11+. The van der Waals surface area contributed by atoms with E-state index in [1.165, 1.54) is 0 Å². The van der Waals surface area contributed by atoms with Crippen LogP contribution in [-0.2, 0) is 11.4 Å². The summed E-state index contributed by atoms with van der Waals surface area (Å²) < 4.78 is 7.54. The van der Waals surface area contributed by atoms with Gasteiger partial charge in [0.05, 0.1) is 24.4 Å². The topological polar surface area (TPSA) is 58.6 Å². The van der Waals surface area contributed by atoms with Gasteiger partial charge in [-0.2, -0.15) is 5.01 Å². The molecule has 0 radical (unpaired) electrons. The first-order valence-corrected chi connectivity index (χ1v) is 13.9. The van der Waals surface area contributed by atoms with E-state index in [4.69, 9.17) is 40.2 Å². The minimum absolute atomic E-state index is 0.209. The van der Waals surface area contributed by atoms with Crippen LogP contribution < -0.4 is 10.2 Å². The molecule has 0 aromatic heterocycles. The number of benzene rings is 3. The highest BCUT2D eigenvalue weighted by molar-refractivity contribution is 9.11. The van der Waals surface area contributed by atoms with Crippen molar-refractivity contribution in [1.82, 2.24) is 10.4 Å². The second-order valence-corrected chi connectivity index (χ2v) is 11.8. The minimum atomic E-state index is -0.525. The molecule has 0 atom stereocenters. The number of carbonyl (C=O) groups is 2. The van der Waals surface area contributed by atoms with Crippen molar-refractivity contribution in [2.24, 2.45) is 0 Å². The van der Waals surface area contributed by atoms with Crippen LogP contribution in [0.2, 0.25) is 10.0 Å². The summed E-state index contributed by atoms with van der Waals surface area (Å²) in [6.45, 7) is 2.16. The predicted molar refractivity (Wildman–Crippen MR) is 156 cm³/mol. The second kappa shape index (κ2) is 11.7. The zero-order valence-corrected chi connectivity index (χ0v) is 24.8. The van der Waals surface area contributed by atoms with Crippen LogP contribution in [0.5, 0.6) is 5.75 Å². The van der Waals surface area contributed by atoms with Crippen LogP contribution >= 0.6 is 79.0 Å². The lowest BCUT2D eigenvalue weighted by molar-refractivity contribution is -0.123. The highest BCUT2D eigenvalue weighted by atomic mass is 79.9. The van der Waals surface area contributed by atoms with Gasteiger partial charge in [0.1, 0.15) is 12.4 Å². The van der Waals surface area contributed by atoms with Crippen molar-refractivity contribution < 1.29 is 14.3 Å². The molecule has 5 nitrogen and oxygen atoms in total. The summed E-state index contributed by atoms with van der Waals surface area (Å²) in [6.07, 6.45) is 1.69. The number of ether oxygens (including phenoxy) is 1. The average Bonchev–Trinajstić information content (AvgIpc) is 3.06. The Bertz CT molecular complexity index is 1410. The smallest absolute Gasteiger partial charge is 0.285 e. The zero-order valence-electron chi connectivity index (χ0n) is 18.5. The molecule has 4 rings (SSSR count). The highest BCUT2D eigenvalue weighted by Crippen LogP contribution is 2.38. The van der Waals surface area contributed by atoms with E-state index in [0.29, 0.717) is 36.3 Å². The maximum absolute atomic E-state index is 13.0. The molecule has 1 heterocycles. The van der Waals surface area contributed by atoms with E-state index in [1.54, 1.807) is 30.3 Å². The van der Waals surface area contributed by atoms with Crippen molar-refractivity contribution in [2.75, 3.05) is 0 Å². The van der Waals surface area contributed by atoms with E-state index in [9.17, 15) is 9.59 Å². The fourth-order valence-corrected chi connectivity index (χ4v) is 6.39. The molecule has 1 N–H and O–H groups in total. The summed E-state index contributed by atoms with van der Waals surface area (Å²) in [5, 5.41) is 1.97. The molecule has 0 unspecified atom stereocenters. The third-order valence-electron chi connectivity index (χ3n) is 5.02. The molecule has 0 aliphatic carbocycles. The predicted octanol–water partition coefficient (Wildman–Crippen LogP) is 7.95. The Balaban J connectivity index is 1.49. The Kier molecular flexibility index (Phi) is 8.80. The Hall–Kier alpha value is -1.88. The number of aryl methyl sites for hydroxylation is 1. The van der Waals surface area contributed by atoms with Crippen molar-refractivity contribution in [3.8, 4) is 5.75 Å². The molecule has 0 spiro atoms. The van der Waals surface area contributed by atoms with Crippen molar-refractivity contribution in [3.05, 3.63) is 101 Å². The molecule has 1 aliphatic heterocycles. The maximum atomic E-state index is 13.0. The Morgan fingerprint density at radius 2 is 1.81 bits per heavy atom. The molecular formula is C25H16Br2Cl2N2O3S2. The van der Waals surface area contributed by atoms with E-state index < -0.39 is 11.8 Å². The number of thiocarbonyl (C=S) groups is 1. The van der Waals surface area contributed by atoms with E-state index >= 15 is 0 Å². The largest absolute Gasteiger partial charge is 0.486 e. The molecule has 0 saturated carbocycles. The van der Waals surface area contributed by atoms with Gasteiger partial charge in [0.25, 0.3) is 11.8 Å². The lowest BCUT2D eigenvalue weighted by Crippen LogP contribution is -2.44. The van der Waals surface area contributed by atoms with Gasteiger partial charge < -0.3 is 4.74 Å². The first-order chi connectivity index (χ1) is 17.1.